The normalized spacial score (nSPS) is 10.6. The first-order valence-corrected chi connectivity index (χ1v) is 6.32. The summed E-state index contributed by atoms with van der Waals surface area (Å²) in [6.45, 7) is 7.86. The molecule has 0 atom stereocenters. The molecule has 0 aromatic heterocycles. The first-order chi connectivity index (χ1) is 8.81. The van der Waals surface area contributed by atoms with Crippen LogP contribution in [0.15, 0.2) is 18.2 Å². The highest BCUT2D eigenvalue weighted by atomic mass is 16.2. The molecular weight excluding hydrogens is 238 g/mol. The Morgan fingerprint density at radius 1 is 1.37 bits per heavy atom. The quantitative estimate of drug-likeness (QED) is 0.802. The number of aryl methyl sites for hydroxylation is 1. The van der Waals surface area contributed by atoms with Gasteiger partial charge in [-0.25, -0.2) is 0 Å². The maximum atomic E-state index is 11.9. The van der Waals surface area contributed by atoms with Crippen molar-refractivity contribution >= 4 is 11.6 Å². The minimum Gasteiger partial charge on any atom is -0.384 e. The molecule has 0 aliphatic heterocycles. The van der Waals surface area contributed by atoms with Crippen molar-refractivity contribution in [3.8, 4) is 11.8 Å². The van der Waals surface area contributed by atoms with Gasteiger partial charge in [-0.15, -0.1) is 0 Å². The van der Waals surface area contributed by atoms with E-state index in [0.29, 0.717) is 6.42 Å². The lowest BCUT2D eigenvalue weighted by Gasteiger charge is -2.18. The zero-order chi connectivity index (χ0) is 14.5. The molecule has 0 bridgehead atoms. The van der Waals surface area contributed by atoms with Crippen LogP contribution in [0.25, 0.3) is 0 Å². The third-order valence-corrected chi connectivity index (χ3v) is 2.51. The number of aliphatic hydroxyl groups is 1. The summed E-state index contributed by atoms with van der Waals surface area (Å²) in [4.78, 5) is 11.9. The molecule has 1 amide bonds. The van der Waals surface area contributed by atoms with E-state index in [0.717, 1.165) is 16.8 Å². The highest BCUT2D eigenvalue weighted by Crippen LogP contribution is 2.21. The van der Waals surface area contributed by atoms with E-state index in [1.807, 2.05) is 45.9 Å². The van der Waals surface area contributed by atoms with Gasteiger partial charge in [-0.2, -0.15) is 0 Å². The van der Waals surface area contributed by atoms with Crippen molar-refractivity contribution in [3.05, 3.63) is 29.3 Å². The number of carbonyl (C=O) groups excluding carboxylic acids is 1. The minimum atomic E-state index is -0.167. The van der Waals surface area contributed by atoms with Crippen LogP contribution in [0.2, 0.25) is 0 Å². The summed E-state index contributed by atoms with van der Waals surface area (Å²) in [5, 5.41) is 11.6. The second-order valence-electron chi connectivity index (χ2n) is 5.78. The van der Waals surface area contributed by atoms with Crippen LogP contribution >= 0.6 is 0 Å². The Balaban J connectivity index is 2.85. The highest BCUT2D eigenvalue weighted by Gasteiger charge is 2.16. The summed E-state index contributed by atoms with van der Waals surface area (Å²) in [6, 6.07) is 5.62. The zero-order valence-corrected chi connectivity index (χ0v) is 12.0. The van der Waals surface area contributed by atoms with E-state index in [1.54, 1.807) is 0 Å². The molecule has 0 heterocycles. The number of hydrogen-bond acceptors (Lipinski definition) is 2. The molecule has 3 nitrogen and oxygen atoms in total. The SMILES string of the molecule is Cc1ccc(C#CCO)cc1NC(=O)CC(C)(C)C. The van der Waals surface area contributed by atoms with Gasteiger partial charge in [0.05, 0.1) is 0 Å². The Kier molecular flexibility index (Phi) is 5.14. The van der Waals surface area contributed by atoms with Gasteiger partial charge in [0, 0.05) is 17.7 Å². The van der Waals surface area contributed by atoms with Crippen LogP contribution in [-0.4, -0.2) is 17.6 Å². The maximum Gasteiger partial charge on any atom is 0.224 e. The average Bonchev–Trinajstić information content (AvgIpc) is 2.27. The molecule has 0 radical (unpaired) electrons. The van der Waals surface area contributed by atoms with Crippen LogP contribution in [0.3, 0.4) is 0 Å². The number of anilines is 1. The van der Waals surface area contributed by atoms with E-state index >= 15 is 0 Å². The van der Waals surface area contributed by atoms with Crippen molar-refractivity contribution in [2.45, 2.75) is 34.1 Å². The Morgan fingerprint density at radius 2 is 2.05 bits per heavy atom. The van der Waals surface area contributed by atoms with Crippen LogP contribution in [0, 0.1) is 24.2 Å². The lowest BCUT2D eigenvalue weighted by Crippen LogP contribution is -2.20. The summed E-state index contributed by atoms with van der Waals surface area (Å²) < 4.78 is 0. The Labute approximate surface area is 115 Å². The van der Waals surface area contributed by atoms with Crippen molar-refractivity contribution in [2.24, 2.45) is 5.41 Å². The predicted octanol–water partition coefficient (Wildman–Crippen LogP) is 2.71. The van der Waals surface area contributed by atoms with E-state index in [1.165, 1.54) is 0 Å². The Hall–Kier alpha value is -1.79. The summed E-state index contributed by atoms with van der Waals surface area (Å²) in [7, 11) is 0. The monoisotopic (exact) mass is 259 g/mol. The van der Waals surface area contributed by atoms with Gasteiger partial charge in [-0.1, -0.05) is 38.7 Å². The van der Waals surface area contributed by atoms with Crippen molar-refractivity contribution < 1.29 is 9.90 Å². The van der Waals surface area contributed by atoms with Crippen LogP contribution in [0.1, 0.15) is 38.3 Å². The van der Waals surface area contributed by atoms with Gasteiger partial charge >= 0.3 is 0 Å². The fourth-order valence-electron chi connectivity index (χ4n) is 1.65. The first kappa shape index (κ1) is 15.3. The van der Waals surface area contributed by atoms with Gasteiger partial charge < -0.3 is 10.4 Å². The molecule has 0 fully saturated rings. The Morgan fingerprint density at radius 3 is 2.63 bits per heavy atom. The molecule has 0 saturated heterocycles. The number of hydrogen-bond donors (Lipinski definition) is 2. The number of amides is 1. The number of nitrogens with one attached hydrogen (secondary N) is 1. The zero-order valence-electron chi connectivity index (χ0n) is 12.0. The summed E-state index contributed by atoms with van der Waals surface area (Å²) in [5.74, 6) is 5.43. The second kappa shape index (κ2) is 6.40. The molecule has 19 heavy (non-hydrogen) atoms. The average molecular weight is 259 g/mol. The molecule has 102 valence electrons. The fraction of sp³-hybridized carbons (Fsp3) is 0.438. The highest BCUT2D eigenvalue weighted by molar-refractivity contribution is 5.92. The number of benzene rings is 1. The largest absolute Gasteiger partial charge is 0.384 e. The van der Waals surface area contributed by atoms with Crippen LogP contribution in [0.4, 0.5) is 5.69 Å². The van der Waals surface area contributed by atoms with Crippen molar-refractivity contribution in [2.75, 3.05) is 11.9 Å². The second-order valence-corrected chi connectivity index (χ2v) is 5.78. The third kappa shape index (κ3) is 5.58. The van der Waals surface area contributed by atoms with E-state index in [4.69, 9.17) is 5.11 Å². The van der Waals surface area contributed by atoms with E-state index in [2.05, 4.69) is 17.2 Å². The van der Waals surface area contributed by atoms with Crippen molar-refractivity contribution in [1.29, 1.82) is 0 Å². The first-order valence-electron chi connectivity index (χ1n) is 6.32. The van der Waals surface area contributed by atoms with Gasteiger partial charge in [0.2, 0.25) is 5.91 Å². The number of rotatable bonds is 2. The standard InChI is InChI=1S/C16H21NO2/c1-12-7-8-13(6-5-9-18)10-14(12)17-15(19)11-16(2,3)4/h7-8,10,18H,9,11H2,1-4H3,(H,17,19). The third-order valence-electron chi connectivity index (χ3n) is 2.51. The molecule has 3 heteroatoms. The van der Waals surface area contributed by atoms with Crippen molar-refractivity contribution in [1.82, 2.24) is 0 Å². The summed E-state index contributed by atoms with van der Waals surface area (Å²) in [6.07, 6.45) is 0.471. The predicted molar refractivity (Wildman–Crippen MR) is 77.8 cm³/mol. The smallest absolute Gasteiger partial charge is 0.224 e. The van der Waals surface area contributed by atoms with Gasteiger partial charge in [0.1, 0.15) is 6.61 Å². The summed E-state index contributed by atoms with van der Waals surface area (Å²) in [5.41, 5.74) is 2.52. The van der Waals surface area contributed by atoms with E-state index in [9.17, 15) is 4.79 Å². The molecule has 0 saturated carbocycles. The lowest BCUT2D eigenvalue weighted by molar-refractivity contribution is -0.117. The van der Waals surface area contributed by atoms with Crippen LogP contribution in [0.5, 0.6) is 0 Å². The molecule has 1 aromatic carbocycles. The van der Waals surface area contributed by atoms with Crippen LogP contribution < -0.4 is 5.32 Å². The van der Waals surface area contributed by atoms with Crippen LogP contribution in [-0.2, 0) is 4.79 Å². The number of aliphatic hydroxyl groups excluding tert-OH is 1. The Bertz CT molecular complexity index is 516. The molecule has 0 aliphatic carbocycles. The molecule has 1 rings (SSSR count). The molecule has 2 N–H and O–H groups in total. The fourth-order valence-corrected chi connectivity index (χ4v) is 1.65. The summed E-state index contributed by atoms with van der Waals surface area (Å²) >= 11 is 0. The molecule has 1 aromatic rings. The number of carbonyl (C=O) groups is 1. The van der Waals surface area contributed by atoms with Gasteiger partial charge in [-0.3, -0.25) is 4.79 Å². The van der Waals surface area contributed by atoms with Gasteiger partial charge in [-0.05, 0) is 30.0 Å². The topological polar surface area (TPSA) is 49.3 Å². The molecule has 0 aliphatic rings. The molecular formula is C16H21NO2. The van der Waals surface area contributed by atoms with E-state index < -0.39 is 0 Å². The molecule has 0 spiro atoms. The maximum absolute atomic E-state index is 11.9. The van der Waals surface area contributed by atoms with Crippen molar-refractivity contribution in [3.63, 3.8) is 0 Å². The van der Waals surface area contributed by atoms with Gasteiger partial charge in [0.15, 0.2) is 0 Å². The lowest BCUT2D eigenvalue weighted by atomic mass is 9.92. The van der Waals surface area contributed by atoms with E-state index in [-0.39, 0.29) is 17.9 Å². The molecule has 0 unspecified atom stereocenters. The van der Waals surface area contributed by atoms with Gasteiger partial charge in [0.25, 0.3) is 0 Å². The minimum absolute atomic E-state index is 0.00265.